The summed E-state index contributed by atoms with van der Waals surface area (Å²) in [7, 11) is 0. The van der Waals surface area contributed by atoms with Gasteiger partial charge in [-0.05, 0) is 12.8 Å². The summed E-state index contributed by atoms with van der Waals surface area (Å²) in [6, 6.07) is -0.798. The molecule has 0 bridgehead atoms. The van der Waals surface area contributed by atoms with E-state index in [2.05, 4.69) is 0 Å². The van der Waals surface area contributed by atoms with Crippen LogP contribution in [0.3, 0.4) is 0 Å². The molecule has 0 aromatic carbocycles. The molecule has 0 aliphatic heterocycles. The summed E-state index contributed by atoms with van der Waals surface area (Å²) in [5.41, 5.74) is 4.79. The molecule has 0 spiro atoms. The average molecular weight is 288 g/mol. The molecule has 19 heavy (non-hydrogen) atoms. The van der Waals surface area contributed by atoms with Crippen LogP contribution in [0.5, 0.6) is 0 Å². The number of carbonyl (C=O) groups excluding carboxylic acids is 2. The average Bonchev–Trinajstić information content (AvgIpc) is 2.76. The summed E-state index contributed by atoms with van der Waals surface area (Å²) in [6.07, 6.45) is -4.21. The zero-order chi connectivity index (χ0) is 14.8. The van der Waals surface area contributed by atoms with Crippen molar-refractivity contribution in [2.75, 3.05) is 6.54 Å². The maximum absolute atomic E-state index is 13.0. The van der Waals surface area contributed by atoms with Crippen molar-refractivity contribution in [1.29, 1.82) is 0 Å². The highest BCUT2D eigenvalue weighted by molar-refractivity contribution is 5.88. The SMILES string of the molecule is NC(=O)CN(C(=O)C(F)(F)C(F)(F)F)C1CCCC1. The molecule has 2 amide bonds. The van der Waals surface area contributed by atoms with Crippen molar-refractivity contribution in [2.45, 2.75) is 43.8 Å². The highest BCUT2D eigenvalue weighted by Gasteiger charge is 2.65. The van der Waals surface area contributed by atoms with Gasteiger partial charge in [-0.15, -0.1) is 0 Å². The van der Waals surface area contributed by atoms with E-state index in [1.165, 1.54) is 0 Å². The molecular weight excluding hydrogens is 275 g/mol. The van der Waals surface area contributed by atoms with Crippen LogP contribution in [0.2, 0.25) is 0 Å². The first kappa shape index (κ1) is 15.6. The summed E-state index contributed by atoms with van der Waals surface area (Å²) >= 11 is 0. The maximum Gasteiger partial charge on any atom is 0.463 e. The number of amides is 2. The van der Waals surface area contributed by atoms with Crippen molar-refractivity contribution in [2.24, 2.45) is 5.73 Å². The van der Waals surface area contributed by atoms with Gasteiger partial charge in [0.1, 0.15) is 0 Å². The molecule has 0 unspecified atom stereocenters. The number of nitrogens with two attached hydrogens (primary N) is 1. The molecule has 0 aromatic heterocycles. The van der Waals surface area contributed by atoms with E-state index in [1.54, 1.807) is 0 Å². The Balaban J connectivity index is 2.97. The Morgan fingerprint density at radius 3 is 1.95 bits per heavy atom. The van der Waals surface area contributed by atoms with Gasteiger partial charge < -0.3 is 10.6 Å². The molecule has 0 radical (unpaired) electrons. The van der Waals surface area contributed by atoms with Crippen LogP contribution in [-0.2, 0) is 9.59 Å². The van der Waals surface area contributed by atoms with E-state index in [0.717, 1.165) is 0 Å². The van der Waals surface area contributed by atoms with E-state index in [0.29, 0.717) is 12.8 Å². The standard InChI is InChI=1S/C10H13F5N2O2/c11-9(12,10(13,14)15)8(19)17(5-7(16)18)6-3-1-2-4-6/h6H,1-5H2,(H2,16,18). The highest BCUT2D eigenvalue weighted by Crippen LogP contribution is 2.38. The lowest BCUT2D eigenvalue weighted by Gasteiger charge is -2.31. The van der Waals surface area contributed by atoms with E-state index >= 15 is 0 Å². The monoisotopic (exact) mass is 288 g/mol. The number of rotatable bonds is 4. The molecule has 4 nitrogen and oxygen atoms in total. The molecule has 0 heterocycles. The largest absolute Gasteiger partial charge is 0.463 e. The molecule has 0 saturated heterocycles. The molecule has 9 heteroatoms. The lowest BCUT2D eigenvalue weighted by molar-refractivity contribution is -0.275. The highest BCUT2D eigenvalue weighted by atomic mass is 19.4. The van der Waals surface area contributed by atoms with Crippen molar-refractivity contribution < 1.29 is 31.5 Å². The number of alkyl halides is 5. The number of carbonyl (C=O) groups is 2. The lowest BCUT2D eigenvalue weighted by atomic mass is 10.1. The van der Waals surface area contributed by atoms with Crippen LogP contribution < -0.4 is 5.73 Å². The van der Waals surface area contributed by atoms with Crippen LogP contribution in [0.4, 0.5) is 22.0 Å². The molecular formula is C10H13F5N2O2. The van der Waals surface area contributed by atoms with Gasteiger partial charge in [0.05, 0.1) is 6.54 Å². The molecule has 1 saturated carbocycles. The number of hydrogen-bond acceptors (Lipinski definition) is 2. The fourth-order valence-electron chi connectivity index (χ4n) is 2.05. The van der Waals surface area contributed by atoms with Gasteiger partial charge in [-0.1, -0.05) is 12.8 Å². The summed E-state index contributed by atoms with van der Waals surface area (Å²) in [5, 5.41) is 0. The Labute approximate surface area is 105 Å². The van der Waals surface area contributed by atoms with E-state index in [4.69, 9.17) is 5.73 Å². The Morgan fingerprint density at radius 1 is 1.11 bits per heavy atom. The van der Waals surface area contributed by atoms with Crippen molar-refractivity contribution in [3.63, 3.8) is 0 Å². The van der Waals surface area contributed by atoms with Crippen molar-refractivity contribution >= 4 is 11.8 Å². The zero-order valence-corrected chi connectivity index (χ0v) is 9.84. The number of hydrogen-bond donors (Lipinski definition) is 1. The molecule has 1 fully saturated rings. The van der Waals surface area contributed by atoms with Crippen LogP contribution in [0, 0.1) is 0 Å². The van der Waals surface area contributed by atoms with Gasteiger partial charge >= 0.3 is 18.0 Å². The fourth-order valence-corrected chi connectivity index (χ4v) is 2.05. The fraction of sp³-hybridized carbons (Fsp3) is 0.800. The summed E-state index contributed by atoms with van der Waals surface area (Å²) in [6.45, 7) is -0.935. The molecule has 110 valence electrons. The molecule has 1 aliphatic rings. The number of nitrogens with zero attached hydrogens (tertiary/aromatic N) is 1. The third-order valence-corrected chi connectivity index (χ3v) is 2.98. The van der Waals surface area contributed by atoms with Crippen LogP contribution in [-0.4, -0.2) is 41.4 Å². The second-order valence-corrected chi connectivity index (χ2v) is 4.41. The van der Waals surface area contributed by atoms with Gasteiger partial charge in [-0.3, -0.25) is 9.59 Å². The first-order valence-electron chi connectivity index (χ1n) is 5.61. The third-order valence-electron chi connectivity index (χ3n) is 2.98. The predicted octanol–water partition coefficient (Wildman–Crippen LogP) is 1.44. The maximum atomic E-state index is 13.0. The first-order valence-corrected chi connectivity index (χ1v) is 5.61. The van der Waals surface area contributed by atoms with Crippen molar-refractivity contribution in [1.82, 2.24) is 4.90 Å². The Kier molecular flexibility index (Phi) is 4.36. The molecule has 0 aromatic rings. The van der Waals surface area contributed by atoms with Crippen LogP contribution in [0.1, 0.15) is 25.7 Å². The topological polar surface area (TPSA) is 63.4 Å². The smallest absolute Gasteiger partial charge is 0.368 e. The van der Waals surface area contributed by atoms with Gasteiger partial charge in [0.15, 0.2) is 0 Å². The van der Waals surface area contributed by atoms with E-state index < -0.39 is 36.5 Å². The number of halogens is 5. The lowest BCUT2D eigenvalue weighted by Crippen LogP contribution is -2.56. The Morgan fingerprint density at radius 2 is 1.58 bits per heavy atom. The minimum atomic E-state index is -5.99. The van der Waals surface area contributed by atoms with Gasteiger partial charge in [0.25, 0.3) is 0 Å². The van der Waals surface area contributed by atoms with Crippen molar-refractivity contribution in [3.8, 4) is 0 Å². The minimum Gasteiger partial charge on any atom is -0.368 e. The summed E-state index contributed by atoms with van der Waals surface area (Å²) in [5.74, 6) is -9.05. The van der Waals surface area contributed by atoms with E-state index in [1.807, 2.05) is 0 Å². The van der Waals surface area contributed by atoms with E-state index in [9.17, 15) is 31.5 Å². The second-order valence-electron chi connectivity index (χ2n) is 4.41. The molecule has 1 rings (SSSR count). The first-order chi connectivity index (χ1) is 8.57. The second kappa shape index (κ2) is 5.30. The van der Waals surface area contributed by atoms with Crippen LogP contribution in [0.15, 0.2) is 0 Å². The summed E-state index contributed by atoms with van der Waals surface area (Å²) in [4.78, 5) is 22.4. The Hall–Kier alpha value is -1.41. The van der Waals surface area contributed by atoms with Crippen LogP contribution >= 0.6 is 0 Å². The van der Waals surface area contributed by atoms with Gasteiger partial charge in [-0.2, -0.15) is 22.0 Å². The van der Waals surface area contributed by atoms with Gasteiger partial charge in [-0.25, -0.2) is 0 Å². The van der Waals surface area contributed by atoms with Crippen LogP contribution in [0.25, 0.3) is 0 Å². The molecule has 0 atom stereocenters. The Bertz CT molecular complexity index is 363. The third kappa shape index (κ3) is 3.32. The molecule has 2 N–H and O–H groups in total. The number of primary amides is 1. The minimum absolute atomic E-state index is 0.253. The summed E-state index contributed by atoms with van der Waals surface area (Å²) < 4.78 is 62.5. The normalized spacial score (nSPS) is 17.5. The van der Waals surface area contributed by atoms with Gasteiger partial charge in [0, 0.05) is 6.04 Å². The predicted molar refractivity (Wildman–Crippen MR) is 54.2 cm³/mol. The van der Waals surface area contributed by atoms with E-state index in [-0.39, 0.29) is 17.7 Å². The zero-order valence-electron chi connectivity index (χ0n) is 9.84. The molecule has 1 aliphatic carbocycles. The quantitative estimate of drug-likeness (QED) is 0.796. The van der Waals surface area contributed by atoms with Gasteiger partial charge in [0.2, 0.25) is 5.91 Å². The van der Waals surface area contributed by atoms with Crippen molar-refractivity contribution in [3.05, 3.63) is 0 Å².